The van der Waals surface area contributed by atoms with Crippen molar-refractivity contribution in [1.29, 1.82) is 0 Å². The summed E-state index contributed by atoms with van der Waals surface area (Å²) in [6.45, 7) is -0.296. The van der Waals surface area contributed by atoms with E-state index in [0.29, 0.717) is 32.9 Å². The van der Waals surface area contributed by atoms with E-state index in [0.717, 1.165) is 0 Å². The van der Waals surface area contributed by atoms with Crippen molar-refractivity contribution in [2.75, 3.05) is 26.1 Å². The molecule has 3 rings (SSSR count). The van der Waals surface area contributed by atoms with Gasteiger partial charge in [0.05, 0.1) is 19.2 Å². The van der Waals surface area contributed by atoms with Crippen LogP contribution < -0.4 is 19.5 Å². The van der Waals surface area contributed by atoms with Crippen LogP contribution in [0, 0.1) is 0 Å². The molecule has 0 spiro atoms. The molecule has 2 aromatic carbocycles. The Balaban J connectivity index is 1.63. The molecule has 146 valence electrons. The molecule has 0 aliphatic rings. The van der Waals surface area contributed by atoms with E-state index in [9.17, 15) is 4.79 Å². The number of halogens is 2. The molecule has 1 aromatic heterocycles. The Morgan fingerprint density at radius 3 is 2.50 bits per heavy atom. The zero-order chi connectivity index (χ0) is 20.1. The standard InChI is InChI=1S/C18H15Cl2N3O5/c1-25-14-5-3-10(7-15(14)26-2)17-22-23-18(28-17)21-16(24)9-27-13-6-4-11(19)8-12(13)20/h3-8H,9H2,1-2H3,(H,21,23,24). The number of ether oxygens (including phenoxy) is 3. The number of benzene rings is 2. The third-order valence-electron chi connectivity index (χ3n) is 3.55. The topological polar surface area (TPSA) is 95.7 Å². The largest absolute Gasteiger partial charge is 0.493 e. The first-order chi connectivity index (χ1) is 13.5. The van der Waals surface area contributed by atoms with Crippen LogP contribution in [-0.4, -0.2) is 36.9 Å². The second kappa shape index (κ2) is 8.81. The lowest BCUT2D eigenvalue weighted by Crippen LogP contribution is -2.20. The maximum atomic E-state index is 12.0. The van der Waals surface area contributed by atoms with Crippen molar-refractivity contribution in [3.8, 4) is 28.7 Å². The predicted molar refractivity (Wildman–Crippen MR) is 103 cm³/mol. The molecule has 0 radical (unpaired) electrons. The molecular formula is C18H15Cl2N3O5. The second-order valence-corrected chi connectivity index (χ2v) is 6.24. The highest BCUT2D eigenvalue weighted by molar-refractivity contribution is 6.35. The molecule has 1 heterocycles. The van der Waals surface area contributed by atoms with E-state index in [1.165, 1.54) is 20.3 Å². The normalized spacial score (nSPS) is 10.4. The summed E-state index contributed by atoms with van der Waals surface area (Å²) in [5.74, 6) is 1.12. The molecule has 8 nitrogen and oxygen atoms in total. The average molecular weight is 424 g/mol. The summed E-state index contributed by atoms with van der Waals surface area (Å²) < 4.78 is 21.2. The summed E-state index contributed by atoms with van der Waals surface area (Å²) in [6.07, 6.45) is 0. The van der Waals surface area contributed by atoms with E-state index in [1.54, 1.807) is 30.3 Å². The first kappa shape index (κ1) is 19.8. The van der Waals surface area contributed by atoms with Gasteiger partial charge in [-0.05, 0) is 36.4 Å². The third kappa shape index (κ3) is 4.65. The van der Waals surface area contributed by atoms with Crippen molar-refractivity contribution in [3.05, 3.63) is 46.4 Å². The Bertz CT molecular complexity index is 993. The van der Waals surface area contributed by atoms with Crippen molar-refractivity contribution >= 4 is 35.1 Å². The van der Waals surface area contributed by atoms with Crippen LogP contribution in [-0.2, 0) is 4.79 Å². The van der Waals surface area contributed by atoms with Gasteiger partial charge in [0.15, 0.2) is 18.1 Å². The molecule has 10 heteroatoms. The lowest BCUT2D eigenvalue weighted by molar-refractivity contribution is -0.118. The highest BCUT2D eigenvalue weighted by atomic mass is 35.5. The van der Waals surface area contributed by atoms with Gasteiger partial charge in [-0.25, -0.2) is 0 Å². The number of aromatic nitrogens is 2. The summed E-state index contributed by atoms with van der Waals surface area (Å²) in [5, 5.41) is 10.9. The molecule has 0 bridgehead atoms. The van der Waals surface area contributed by atoms with Crippen molar-refractivity contribution < 1.29 is 23.4 Å². The van der Waals surface area contributed by atoms with E-state index in [1.807, 2.05) is 0 Å². The fourth-order valence-corrected chi connectivity index (χ4v) is 2.71. The van der Waals surface area contributed by atoms with Gasteiger partial charge in [-0.2, -0.15) is 0 Å². The van der Waals surface area contributed by atoms with Gasteiger partial charge in [-0.15, -0.1) is 5.10 Å². The van der Waals surface area contributed by atoms with Gasteiger partial charge in [0.1, 0.15) is 5.75 Å². The smallest absolute Gasteiger partial charge is 0.322 e. The molecule has 0 atom stereocenters. The Morgan fingerprint density at radius 2 is 1.79 bits per heavy atom. The van der Waals surface area contributed by atoms with Crippen LogP contribution in [0.25, 0.3) is 11.5 Å². The minimum atomic E-state index is -0.492. The molecule has 1 amide bonds. The number of carbonyl (C=O) groups is 1. The molecule has 0 aliphatic heterocycles. The van der Waals surface area contributed by atoms with Crippen LogP contribution in [0.1, 0.15) is 0 Å². The zero-order valence-corrected chi connectivity index (χ0v) is 16.4. The summed E-state index contributed by atoms with van der Waals surface area (Å²) in [6, 6.07) is 9.74. The van der Waals surface area contributed by atoms with Crippen LogP contribution in [0.3, 0.4) is 0 Å². The van der Waals surface area contributed by atoms with Gasteiger partial charge < -0.3 is 18.6 Å². The van der Waals surface area contributed by atoms with E-state index in [2.05, 4.69) is 15.5 Å². The minimum absolute atomic E-state index is 0.0689. The fourth-order valence-electron chi connectivity index (χ4n) is 2.25. The predicted octanol–water partition coefficient (Wildman–Crippen LogP) is 4.08. The molecule has 3 aromatic rings. The van der Waals surface area contributed by atoms with Crippen LogP contribution in [0.5, 0.6) is 17.2 Å². The molecule has 0 unspecified atom stereocenters. The van der Waals surface area contributed by atoms with Crippen LogP contribution in [0.15, 0.2) is 40.8 Å². The van der Waals surface area contributed by atoms with Gasteiger partial charge in [0.2, 0.25) is 5.89 Å². The number of anilines is 1. The summed E-state index contributed by atoms with van der Waals surface area (Å²) in [5.41, 5.74) is 0.606. The average Bonchev–Trinajstić information content (AvgIpc) is 3.15. The van der Waals surface area contributed by atoms with Crippen LogP contribution >= 0.6 is 23.2 Å². The van der Waals surface area contributed by atoms with Crippen molar-refractivity contribution in [3.63, 3.8) is 0 Å². The Morgan fingerprint density at radius 1 is 1.04 bits per heavy atom. The minimum Gasteiger partial charge on any atom is -0.493 e. The maximum absolute atomic E-state index is 12.0. The van der Waals surface area contributed by atoms with Crippen molar-refractivity contribution in [2.24, 2.45) is 0 Å². The molecule has 0 saturated carbocycles. The van der Waals surface area contributed by atoms with E-state index >= 15 is 0 Å². The van der Waals surface area contributed by atoms with Crippen LogP contribution in [0.2, 0.25) is 10.0 Å². The summed E-state index contributed by atoms with van der Waals surface area (Å²) in [4.78, 5) is 12.0. The molecular weight excluding hydrogens is 409 g/mol. The van der Waals surface area contributed by atoms with Gasteiger partial charge in [-0.3, -0.25) is 10.1 Å². The molecule has 0 aliphatic carbocycles. The number of hydrogen-bond acceptors (Lipinski definition) is 7. The Labute approximate surface area is 170 Å². The number of nitrogens with one attached hydrogen (secondary N) is 1. The Hall–Kier alpha value is -2.97. The first-order valence-electron chi connectivity index (χ1n) is 7.93. The number of methoxy groups -OCH3 is 2. The van der Waals surface area contributed by atoms with Crippen LogP contribution in [0.4, 0.5) is 6.01 Å². The Kier molecular flexibility index (Phi) is 6.23. The maximum Gasteiger partial charge on any atom is 0.322 e. The molecule has 0 saturated heterocycles. The van der Waals surface area contributed by atoms with Crippen molar-refractivity contribution in [1.82, 2.24) is 10.2 Å². The number of amides is 1. The highest BCUT2D eigenvalue weighted by Crippen LogP contribution is 2.32. The molecule has 1 N–H and O–H groups in total. The third-order valence-corrected chi connectivity index (χ3v) is 4.09. The number of nitrogens with zero attached hydrogens (tertiary/aromatic N) is 2. The monoisotopic (exact) mass is 423 g/mol. The van der Waals surface area contributed by atoms with Gasteiger partial charge in [0, 0.05) is 10.6 Å². The summed E-state index contributed by atoms with van der Waals surface area (Å²) >= 11 is 11.8. The molecule has 28 heavy (non-hydrogen) atoms. The van der Waals surface area contributed by atoms with E-state index in [-0.39, 0.29) is 18.5 Å². The highest BCUT2D eigenvalue weighted by Gasteiger charge is 2.14. The first-order valence-corrected chi connectivity index (χ1v) is 8.69. The van der Waals surface area contributed by atoms with Gasteiger partial charge in [0.25, 0.3) is 5.91 Å². The quantitative estimate of drug-likeness (QED) is 0.611. The van der Waals surface area contributed by atoms with Gasteiger partial charge in [-0.1, -0.05) is 28.3 Å². The van der Waals surface area contributed by atoms with Crippen molar-refractivity contribution in [2.45, 2.75) is 0 Å². The fraction of sp³-hybridized carbons (Fsp3) is 0.167. The molecule has 0 fully saturated rings. The van der Waals surface area contributed by atoms with E-state index in [4.69, 9.17) is 41.8 Å². The van der Waals surface area contributed by atoms with Gasteiger partial charge >= 0.3 is 6.01 Å². The van der Waals surface area contributed by atoms with E-state index < -0.39 is 5.91 Å². The second-order valence-electron chi connectivity index (χ2n) is 5.39. The zero-order valence-electron chi connectivity index (χ0n) is 14.9. The summed E-state index contributed by atoms with van der Waals surface area (Å²) in [7, 11) is 3.06. The number of hydrogen-bond donors (Lipinski definition) is 1. The number of rotatable bonds is 7. The number of carbonyl (C=O) groups excluding carboxylic acids is 1. The lowest BCUT2D eigenvalue weighted by atomic mass is 10.2. The lowest BCUT2D eigenvalue weighted by Gasteiger charge is -2.08. The SMILES string of the molecule is COc1ccc(-c2nnc(NC(=O)COc3ccc(Cl)cc3Cl)o2)cc1OC.